The number of halogens is 3. The molecule has 1 atom stereocenters. The summed E-state index contributed by atoms with van der Waals surface area (Å²) in [5.41, 5.74) is 2.28. The summed E-state index contributed by atoms with van der Waals surface area (Å²) in [6.07, 6.45) is 0. The van der Waals surface area contributed by atoms with Crippen molar-refractivity contribution in [2.24, 2.45) is 0 Å². The fourth-order valence-corrected chi connectivity index (χ4v) is 2.01. The summed E-state index contributed by atoms with van der Waals surface area (Å²) in [4.78, 5) is 0. The Labute approximate surface area is 121 Å². The predicted octanol–water partition coefficient (Wildman–Crippen LogP) is 4.91. The Morgan fingerprint density at radius 3 is 2.29 bits per heavy atom. The molecule has 2 aromatic rings. The molecule has 0 amide bonds. The van der Waals surface area contributed by atoms with Gasteiger partial charge in [0.25, 0.3) is 0 Å². The summed E-state index contributed by atoms with van der Waals surface area (Å²) in [5, 5.41) is 3.23. The third-order valence-corrected chi connectivity index (χ3v) is 3.15. The van der Waals surface area contributed by atoms with Crippen molar-refractivity contribution in [3.8, 4) is 5.75 Å². The Balaban J connectivity index is 2.05. The highest BCUT2D eigenvalue weighted by molar-refractivity contribution is 5.48. The summed E-state index contributed by atoms with van der Waals surface area (Å²) >= 11 is 0. The van der Waals surface area contributed by atoms with Gasteiger partial charge in [0.05, 0.1) is 0 Å². The van der Waals surface area contributed by atoms with Crippen LogP contribution in [0.2, 0.25) is 0 Å². The molecule has 2 nitrogen and oxygen atoms in total. The summed E-state index contributed by atoms with van der Waals surface area (Å²) < 4.78 is 41.7. The number of anilines is 1. The van der Waals surface area contributed by atoms with Gasteiger partial charge in [0.15, 0.2) is 0 Å². The number of rotatable bonds is 5. The topological polar surface area (TPSA) is 21.3 Å². The zero-order valence-electron chi connectivity index (χ0n) is 11.7. The van der Waals surface area contributed by atoms with Crippen molar-refractivity contribution >= 4 is 5.69 Å². The fraction of sp³-hybridized carbons (Fsp3) is 0.250. The molecule has 1 N–H and O–H groups in total. The van der Waals surface area contributed by atoms with Gasteiger partial charge < -0.3 is 10.1 Å². The SMILES string of the molecule is Cc1cc(NC(C)c2ccc(OC(F)F)cc2)ccc1F. The molecule has 0 aliphatic rings. The Kier molecular flexibility index (Phi) is 4.73. The van der Waals surface area contributed by atoms with Gasteiger partial charge in [-0.2, -0.15) is 8.78 Å². The van der Waals surface area contributed by atoms with E-state index in [1.165, 1.54) is 18.2 Å². The van der Waals surface area contributed by atoms with E-state index in [1.54, 1.807) is 31.2 Å². The molecule has 0 aromatic heterocycles. The smallest absolute Gasteiger partial charge is 0.387 e. The molecule has 21 heavy (non-hydrogen) atoms. The van der Waals surface area contributed by atoms with Crippen LogP contribution in [0.3, 0.4) is 0 Å². The van der Waals surface area contributed by atoms with Crippen LogP contribution in [0.4, 0.5) is 18.9 Å². The molecule has 0 saturated heterocycles. The molecule has 2 aromatic carbocycles. The van der Waals surface area contributed by atoms with E-state index in [9.17, 15) is 13.2 Å². The van der Waals surface area contributed by atoms with Crippen molar-refractivity contribution in [3.63, 3.8) is 0 Å². The zero-order valence-corrected chi connectivity index (χ0v) is 11.7. The molecule has 0 aliphatic carbocycles. The molecule has 2 rings (SSSR count). The van der Waals surface area contributed by atoms with E-state index >= 15 is 0 Å². The number of aryl methyl sites for hydroxylation is 1. The maximum atomic E-state index is 13.2. The first kappa shape index (κ1) is 15.2. The standard InChI is InChI=1S/C16H16F3NO/c1-10-9-13(5-8-15(10)17)20-11(2)12-3-6-14(7-4-12)21-16(18)19/h3-9,11,16,20H,1-2H3. The van der Waals surface area contributed by atoms with Crippen molar-refractivity contribution in [1.82, 2.24) is 0 Å². The third kappa shape index (κ3) is 4.15. The van der Waals surface area contributed by atoms with Crippen LogP contribution in [0, 0.1) is 12.7 Å². The number of hydrogen-bond donors (Lipinski definition) is 1. The summed E-state index contributed by atoms with van der Waals surface area (Å²) in [5.74, 6) is -0.125. The molecule has 1 unspecified atom stereocenters. The first-order valence-electron chi connectivity index (χ1n) is 6.53. The molecule has 0 fully saturated rings. The van der Waals surface area contributed by atoms with Gasteiger partial charge in [-0.1, -0.05) is 12.1 Å². The van der Waals surface area contributed by atoms with Crippen LogP contribution in [-0.2, 0) is 0 Å². The summed E-state index contributed by atoms with van der Waals surface area (Å²) in [6.45, 7) is 0.803. The Morgan fingerprint density at radius 1 is 1.05 bits per heavy atom. The summed E-state index contributed by atoms with van der Waals surface area (Å²) in [6, 6.07) is 11.2. The van der Waals surface area contributed by atoms with Gasteiger partial charge in [-0.05, 0) is 55.3 Å². The molecule has 0 radical (unpaired) electrons. The highest BCUT2D eigenvalue weighted by atomic mass is 19.3. The highest BCUT2D eigenvalue weighted by Gasteiger charge is 2.08. The quantitative estimate of drug-likeness (QED) is 0.846. The van der Waals surface area contributed by atoms with E-state index in [2.05, 4.69) is 10.1 Å². The van der Waals surface area contributed by atoms with Crippen molar-refractivity contribution in [1.29, 1.82) is 0 Å². The normalized spacial score (nSPS) is 12.3. The van der Waals surface area contributed by atoms with E-state index in [0.717, 1.165) is 11.3 Å². The van der Waals surface area contributed by atoms with Crippen LogP contribution in [0.25, 0.3) is 0 Å². The number of benzene rings is 2. The van der Waals surface area contributed by atoms with E-state index in [1.807, 2.05) is 6.92 Å². The number of alkyl halides is 2. The van der Waals surface area contributed by atoms with Crippen molar-refractivity contribution in [2.75, 3.05) is 5.32 Å². The Bertz CT molecular complexity index is 599. The molecule has 112 valence electrons. The number of hydrogen-bond acceptors (Lipinski definition) is 2. The number of ether oxygens (including phenoxy) is 1. The second-order valence-electron chi connectivity index (χ2n) is 4.78. The van der Waals surface area contributed by atoms with Crippen LogP contribution < -0.4 is 10.1 Å². The van der Waals surface area contributed by atoms with E-state index in [-0.39, 0.29) is 17.6 Å². The molecule has 5 heteroatoms. The first-order chi connectivity index (χ1) is 9.95. The van der Waals surface area contributed by atoms with Gasteiger partial charge in [-0.25, -0.2) is 4.39 Å². The Morgan fingerprint density at radius 2 is 1.71 bits per heavy atom. The van der Waals surface area contributed by atoms with Gasteiger partial charge in [0, 0.05) is 11.7 Å². The fourth-order valence-electron chi connectivity index (χ4n) is 2.01. The molecule has 0 bridgehead atoms. The Hall–Kier alpha value is -2.17. The van der Waals surface area contributed by atoms with Crippen molar-refractivity contribution in [3.05, 3.63) is 59.4 Å². The van der Waals surface area contributed by atoms with E-state index in [0.29, 0.717) is 5.56 Å². The third-order valence-electron chi connectivity index (χ3n) is 3.15. The molecular formula is C16H16F3NO. The molecule has 0 spiro atoms. The van der Waals surface area contributed by atoms with Crippen LogP contribution in [0.1, 0.15) is 24.1 Å². The maximum absolute atomic E-state index is 13.2. The molecule has 0 aliphatic heterocycles. The van der Waals surface area contributed by atoms with E-state index < -0.39 is 6.61 Å². The van der Waals surface area contributed by atoms with Gasteiger partial charge in [-0.3, -0.25) is 0 Å². The van der Waals surface area contributed by atoms with Gasteiger partial charge >= 0.3 is 6.61 Å². The van der Waals surface area contributed by atoms with Crippen LogP contribution in [0.15, 0.2) is 42.5 Å². The van der Waals surface area contributed by atoms with Crippen molar-refractivity contribution in [2.45, 2.75) is 26.5 Å². The first-order valence-corrected chi connectivity index (χ1v) is 6.53. The minimum absolute atomic E-state index is 0.0459. The molecule has 0 heterocycles. The van der Waals surface area contributed by atoms with E-state index in [4.69, 9.17) is 0 Å². The lowest BCUT2D eigenvalue weighted by Gasteiger charge is -2.16. The monoisotopic (exact) mass is 295 g/mol. The van der Waals surface area contributed by atoms with Crippen molar-refractivity contribution < 1.29 is 17.9 Å². The van der Waals surface area contributed by atoms with Crippen LogP contribution in [-0.4, -0.2) is 6.61 Å². The van der Waals surface area contributed by atoms with Crippen LogP contribution >= 0.6 is 0 Å². The lowest BCUT2D eigenvalue weighted by atomic mass is 10.1. The highest BCUT2D eigenvalue weighted by Crippen LogP contribution is 2.23. The minimum atomic E-state index is -2.83. The summed E-state index contributed by atoms with van der Waals surface area (Å²) in [7, 11) is 0. The lowest BCUT2D eigenvalue weighted by Crippen LogP contribution is -2.07. The lowest BCUT2D eigenvalue weighted by molar-refractivity contribution is -0.0498. The van der Waals surface area contributed by atoms with Gasteiger partial charge in [-0.15, -0.1) is 0 Å². The maximum Gasteiger partial charge on any atom is 0.387 e. The molecule has 0 saturated carbocycles. The van der Waals surface area contributed by atoms with Gasteiger partial charge in [0.2, 0.25) is 0 Å². The van der Waals surface area contributed by atoms with Crippen LogP contribution in [0.5, 0.6) is 5.75 Å². The largest absolute Gasteiger partial charge is 0.435 e. The van der Waals surface area contributed by atoms with Gasteiger partial charge in [0.1, 0.15) is 11.6 Å². The average molecular weight is 295 g/mol. The average Bonchev–Trinajstić information content (AvgIpc) is 2.43. The number of nitrogens with one attached hydrogen (secondary N) is 1. The molecular weight excluding hydrogens is 279 g/mol. The zero-order chi connectivity index (χ0) is 15.4. The second-order valence-corrected chi connectivity index (χ2v) is 4.78. The second kappa shape index (κ2) is 6.52. The minimum Gasteiger partial charge on any atom is -0.435 e. The predicted molar refractivity (Wildman–Crippen MR) is 76.2 cm³/mol.